The highest BCUT2D eigenvalue weighted by Gasteiger charge is 2.44. The molecule has 18 heavy (non-hydrogen) atoms. The van der Waals surface area contributed by atoms with Crippen molar-refractivity contribution < 1.29 is 0 Å². The quantitative estimate of drug-likeness (QED) is 0.805. The highest BCUT2D eigenvalue weighted by atomic mass is 32.2. The second-order valence-electron chi connectivity index (χ2n) is 7.05. The number of hydrogen-bond acceptors (Lipinski definition) is 2. The predicted molar refractivity (Wildman–Crippen MR) is 81.1 cm³/mol. The van der Waals surface area contributed by atoms with Crippen LogP contribution in [0.2, 0.25) is 0 Å². The third-order valence-corrected chi connectivity index (χ3v) is 7.50. The number of rotatable bonds is 5. The SMILES string of the molecule is CCNC(CC1CC2CCC1C2)C1(C)CCCS1. The Bertz CT molecular complexity index is 285. The van der Waals surface area contributed by atoms with Gasteiger partial charge in [-0.05, 0) is 75.5 Å². The summed E-state index contributed by atoms with van der Waals surface area (Å²) < 4.78 is 0.526. The molecular formula is C16H29NS. The van der Waals surface area contributed by atoms with Gasteiger partial charge in [0.15, 0.2) is 0 Å². The molecule has 1 N–H and O–H groups in total. The van der Waals surface area contributed by atoms with Crippen molar-refractivity contribution >= 4 is 11.8 Å². The minimum Gasteiger partial charge on any atom is -0.313 e. The fraction of sp³-hybridized carbons (Fsp3) is 1.00. The van der Waals surface area contributed by atoms with Crippen molar-refractivity contribution in [2.75, 3.05) is 12.3 Å². The molecule has 0 aromatic rings. The van der Waals surface area contributed by atoms with Gasteiger partial charge >= 0.3 is 0 Å². The normalized spacial score (nSPS) is 44.7. The van der Waals surface area contributed by atoms with Crippen LogP contribution in [0.25, 0.3) is 0 Å². The summed E-state index contributed by atoms with van der Waals surface area (Å²) in [5.41, 5.74) is 0. The van der Waals surface area contributed by atoms with E-state index in [9.17, 15) is 0 Å². The van der Waals surface area contributed by atoms with Crippen LogP contribution in [0.3, 0.4) is 0 Å². The minimum atomic E-state index is 0.526. The molecule has 1 aliphatic heterocycles. The molecule has 2 bridgehead atoms. The number of fused-ring (bicyclic) bond motifs is 2. The summed E-state index contributed by atoms with van der Waals surface area (Å²) >= 11 is 2.23. The van der Waals surface area contributed by atoms with Crippen LogP contribution in [0.1, 0.15) is 58.8 Å². The minimum absolute atomic E-state index is 0.526. The molecule has 104 valence electrons. The first kappa shape index (κ1) is 13.3. The number of thioether (sulfide) groups is 1. The van der Waals surface area contributed by atoms with E-state index in [2.05, 4.69) is 30.9 Å². The van der Waals surface area contributed by atoms with Crippen LogP contribution in [0.5, 0.6) is 0 Å². The third-order valence-electron chi connectivity index (χ3n) is 5.86. The van der Waals surface area contributed by atoms with Crippen LogP contribution < -0.4 is 5.32 Å². The average Bonchev–Trinajstić information content (AvgIpc) is 3.05. The van der Waals surface area contributed by atoms with Gasteiger partial charge in [-0.25, -0.2) is 0 Å². The predicted octanol–water partition coefficient (Wildman–Crippen LogP) is 4.08. The van der Waals surface area contributed by atoms with Crippen LogP contribution >= 0.6 is 11.8 Å². The zero-order valence-corrected chi connectivity index (χ0v) is 12.9. The summed E-state index contributed by atoms with van der Waals surface area (Å²) in [4.78, 5) is 0. The van der Waals surface area contributed by atoms with Gasteiger partial charge in [0.1, 0.15) is 0 Å². The van der Waals surface area contributed by atoms with E-state index in [1.807, 2.05) is 0 Å². The molecule has 3 rings (SSSR count). The highest BCUT2D eigenvalue weighted by Crippen LogP contribution is 2.52. The topological polar surface area (TPSA) is 12.0 Å². The molecule has 0 spiro atoms. The van der Waals surface area contributed by atoms with Crippen LogP contribution in [-0.4, -0.2) is 23.1 Å². The third kappa shape index (κ3) is 2.47. The second kappa shape index (κ2) is 5.36. The second-order valence-corrected chi connectivity index (χ2v) is 8.68. The molecule has 0 radical (unpaired) electrons. The van der Waals surface area contributed by atoms with Crippen LogP contribution in [0.15, 0.2) is 0 Å². The average molecular weight is 267 g/mol. The summed E-state index contributed by atoms with van der Waals surface area (Å²) in [6.07, 6.45) is 10.5. The number of hydrogen-bond donors (Lipinski definition) is 1. The van der Waals surface area contributed by atoms with Gasteiger partial charge in [-0.1, -0.05) is 13.3 Å². The van der Waals surface area contributed by atoms with Gasteiger partial charge in [-0.15, -0.1) is 0 Å². The Morgan fingerprint density at radius 2 is 2.22 bits per heavy atom. The maximum atomic E-state index is 3.83. The standard InChI is InChI=1S/C16H29NS/c1-3-17-15(16(2)7-4-8-18-16)11-14-10-12-5-6-13(14)9-12/h12-15,17H,3-11H2,1-2H3. The lowest BCUT2D eigenvalue weighted by molar-refractivity contribution is 0.254. The lowest BCUT2D eigenvalue weighted by Crippen LogP contribution is -2.46. The monoisotopic (exact) mass is 267 g/mol. The van der Waals surface area contributed by atoms with Crippen molar-refractivity contribution in [2.45, 2.75) is 69.6 Å². The van der Waals surface area contributed by atoms with Gasteiger partial charge in [-0.2, -0.15) is 11.8 Å². The van der Waals surface area contributed by atoms with Crippen molar-refractivity contribution in [3.63, 3.8) is 0 Å². The van der Waals surface area contributed by atoms with Crippen molar-refractivity contribution in [3.8, 4) is 0 Å². The van der Waals surface area contributed by atoms with Crippen LogP contribution in [-0.2, 0) is 0 Å². The van der Waals surface area contributed by atoms with Crippen LogP contribution in [0, 0.1) is 17.8 Å². The maximum absolute atomic E-state index is 3.83. The van der Waals surface area contributed by atoms with Gasteiger partial charge in [0.05, 0.1) is 0 Å². The Morgan fingerprint density at radius 3 is 2.78 bits per heavy atom. The largest absolute Gasteiger partial charge is 0.313 e. The van der Waals surface area contributed by atoms with Crippen molar-refractivity contribution in [3.05, 3.63) is 0 Å². The van der Waals surface area contributed by atoms with Gasteiger partial charge in [0.25, 0.3) is 0 Å². The summed E-state index contributed by atoms with van der Waals surface area (Å²) in [5.74, 6) is 4.62. The van der Waals surface area contributed by atoms with E-state index in [-0.39, 0.29) is 0 Å². The molecule has 0 amide bonds. The van der Waals surface area contributed by atoms with E-state index in [4.69, 9.17) is 0 Å². The first-order valence-electron chi connectivity index (χ1n) is 8.08. The molecular weight excluding hydrogens is 238 g/mol. The van der Waals surface area contributed by atoms with Gasteiger partial charge in [-0.3, -0.25) is 0 Å². The molecule has 2 saturated carbocycles. The molecule has 2 aliphatic carbocycles. The molecule has 5 unspecified atom stereocenters. The van der Waals surface area contributed by atoms with Gasteiger partial charge in [0.2, 0.25) is 0 Å². The van der Waals surface area contributed by atoms with E-state index in [0.717, 1.165) is 30.3 Å². The van der Waals surface area contributed by atoms with E-state index < -0.39 is 0 Å². The summed E-state index contributed by atoms with van der Waals surface area (Å²) in [5, 5.41) is 3.83. The molecule has 2 heteroatoms. The fourth-order valence-corrected chi connectivity index (χ4v) is 6.26. The smallest absolute Gasteiger partial charge is 0.0285 e. The van der Waals surface area contributed by atoms with E-state index in [0.29, 0.717) is 4.75 Å². The Labute approximate surface area is 117 Å². The Hall–Kier alpha value is 0.310. The Balaban J connectivity index is 1.63. The maximum Gasteiger partial charge on any atom is 0.0285 e. The molecule has 1 heterocycles. The lowest BCUT2D eigenvalue weighted by Gasteiger charge is -2.37. The van der Waals surface area contributed by atoms with Crippen molar-refractivity contribution in [2.24, 2.45) is 17.8 Å². The molecule has 1 saturated heterocycles. The summed E-state index contributed by atoms with van der Waals surface area (Å²) in [6, 6.07) is 0.763. The van der Waals surface area contributed by atoms with E-state index in [1.165, 1.54) is 31.4 Å². The fourth-order valence-electron chi connectivity index (χ4n) is 4.84. The van der Waals surface area contributed by atoms with Crippen molar-refractivity contribution in [1.82, 2.24) is 5.32 Å². The number of nitrogens with one attached hydrogen (secondary N) is 1. The first-order chi connectivity index (χ1) is 8.71. The van der Waals surface area contributed by atoms with Crippen LogP contribution in [0.4, 0.5) is 0 Å². The zero-order valence-electron chi connectivity index (χ0n) is 12.1. The first-order valence-corrected chi connectivity index (χ1v) is 9.07. The molecule has 3 fully saturated rings. The lowest BCUT2D eigenvalue weighted by atomic mass is 9.80. The van der Waals surface area contributed by atoms with Gasteiger partial charge < -0.3 is 5.32 Å². The molecule has 0 aromatic heterocycles. The van der Waals surface area contributed by atoms with Crippen molar-refractivity contribution in [1.29, 1.82) is 0 Å². The zero-order chi connectivity index (χ0) is 12.6. The van der Waals surface area contributed by atoms with E-state index in [1.54, 1.807) is 19.3 Å². The van der Waals surface area contributed by atoms with E-state index >= 15 is 0 Å². The van der Waals surface area contributed by atoms with Gasteiger partial charge in [0, 0.05) is 10.8 Å². The molecule has 1 nitrogen and oxygen atoms in total. The summed E-state index contributed by atoms with van der Waals surface area (Å²) in [6.45, 7) is 5.93. The molecule has 3 aliphatic rings. The Morgan fingerprint density at radius 1 is 1.33 bits per heavy atom. The highest BCUT2D eigenvalue weighted by molar-refractivity contribution is 8.00. The Kier molecular flexibility index (Phi) is 3.96. The summed E-state index contributed by atoms with van der Waals surface area (Å²) in [7, 11) is 0. The molecule has 0 aromatic carbocycles. The molecule has 5 atom stereocenters.